The van der Waals surface area contributed by atoms with Crippen LogP contribution in [0.3, 0.4) is 0 Å². The van der Waals surface area contributed by atoms with Gasteiger partial charge in [0, 0.05) is 26.0 Å². The fourth-order valence-corrected chi connectivity index (χ4v) is 5.23. The largest absolute Gasteiger partial charge is 0.497 e. The highest BCUT2D eigenvalue weighted by Crippen LogP contribution is 2.31. The number of likely N-dealkylation sites (tertiary alicyclic amines) is 1. The number of fused-ring (bicyclic) bond motifs is 1. The van der Waals surface area contributed by atoms with Crippen LogP contribution in [0.25, 0.3) is 10.2 Å². The minimum absolute atomic E-state index is 0.142. The van der Waals surface area contributed by atoms with Crippen LogP contribution in [-0.4, -0.2) is 50.1 Å². The Kier molecular flexibility index (Phi) is 6.20. The molecule has 0 radical (unpaired) electrons. The number of methoxy groups -OCH3 is 2. The Hall–Kier alpha value is -2.64. The third kappa shape index (κ3) is 4.27. The van der Waals surface area contributed by atoms with Gasteiger partial charge in [-0.25, -0.2) is 4.98 Å². The molecule has 2 atom stereocenters. The minimum atomic E-state index is 0.142. The Morgan fingerprint density at radius 1 is 1.23 bits per heavy atom. The van der Waals surface area contributed by atoms with Crippen LogP contribution in [0.4, 0.5) is 0 Å². The van der Waals surface area contributed by atoms with E-state index >= 15 is 0 Å². The lowest BCUT2D eigenvalue weighted by molar-refractivity contribution is -0.910. The van der Waals surface area contributed by atoms with Crippen molar-refractivity contribution >= 4 is 27.5 Å². The van der Waals surface area contributed by atoms with Crippen molar-refractivity contribution in [2.75, 3.05) is 34.4 Å². The molecule has 1 aliphatic rings. The summed E-state index contributed by atoms with van der Waals surface area (Å²) in [6.45, 7) is 2.00. The first kappa shape index (κ1) is 20.6. The van der Waals surface area contributed by atoms with Crippen LogP contribution >= 0.6 is 11.3 Å². The predicted octanol–water partition coefficient (Wildman–Crippen LogP) is 2.69. The molecule has 30 heavy (non-hydrogen) atoms. The van der Waals surface area contributed by atoms with Crippen molar-refractivity contribution in [3.63, 3.8) is 0 Å². The van der Waals surface area contributed by atoms with E-state index in [4.69, 9.17) is 9.47 Å². The summed E-state index contributed by atoms with van der Waals surface area (Å²) in [7, 11) is 5.21. The van der Waals surface area contributed by atoms with Gasteiger partial charge in [0.2, 0.25) is 0 Å². The molecule has 1 saturated heterocycles. The summed E-state index contributed by atoms with van der Waals surface area (Å²) in [6, 6.07) is 14.3. The normalized spacial score (nSPS) is 18.5. The maximum atomic E-state index is 13.0. The number of nitrogens with one attached hydrogen (secondary N) is 1. The van der Waals surface area contributed by atoms with Gasteiger partial charge in [0.25, 0.3) is 5.91 Å². The van der Waals surface area contributed by atoms with Gasteiger partial charge in [-0.3, -0.25) is 4.79 Å². The summed E-state index contributed by atoms with van der Waals surface area (Å²) in [5.74, 6) is 1.75. The van der Waals surface area contributed by atoms with Gasteiger partial charge in [0.05, 0.1) is 43.1 Å². The highest BCUT2D eigenvalue weighted by atomic mass is 32.1. The molecule has 2 heterocycles. The quantitative estimate of drug-likeness (QED) is 0.631. The van der Waals surface area contributed by atoms with Gasteiger partial charge in [-0.1, -0.05) is 12.1 Å². The van der Waals surface area contributed by atoms with Gasteiger partial charge in [-0.15, -0.1) is 11.3 Å². The molecule has 7 heteroatoms. The topological polar surface area (TPSA) is 56.1 Å². The zero-order chi connectivity index (χ0) is 21.1. The maximum Gasteiger partial charge on any atom is 0.277 e. The maximum absolute atomic E-state index is 13.0. The van der Waals surface area contributed by atoms with Gasteiger partial charge in [-0.05, 0) is 24.3 Å². The molecule has 3 aromatic rings. The third-order valence-corrected chi connectivity index (χ3v) is 6.84. The number of carbonyl (C=O) groups excluding carboxylic acids is 1. The molecule has 0 saturated carbocycles. The second kappa shape index (κ2) is 9.02. The molecule has 1 N–H and O–H groups in total. The summed E-state index contributed by atoms with van der Waals surface area (Å²) in [5, 5.41) is 0.969. The number of amides is 1. The Morgan fingerprint density at radius 3 is 2.83 bits per heavy atom. The van der Waals surface area contributed by atoms with Crippen molar-refractivity contribution in [3.8, 4) is 11.5 Å². The first-order chi connectivity index (χ1) is 14.6. The number of likely N-dealkylation sites (N-methyl/N-ethyl adjacent to an activating group) is 1. The van der Waals surface area contributed by atoms with Crippen molar-refractivity contribution in [1.29, 1.82) is 0 Å². The van der Waals surface area contributed by atoms with Crippen LogP contribution in [0.5, 0.6) is 11.5 Å². The molecule has 1 amide bonds. The van der Waals surface area contributed by atoms with E-state index in [1.54, 1.807) is 30.5 Å². The smallest absolute Gasteiger partial charge is 0.277 e. The lowest BCUT2D eigenvalue weighted by atomic mass is 10.0. The van der Waals surface area contributed by atoms with Gasteiger partial charge in [0.15, 0.2) is 6.54 Å². The molecule has 1 aromatic heterocycles. The van der Waals surface area contributed by atoms with E-state index in [-0.39, 0.29) is 11.9 Å². The van der Waals surface area contributed by atoms with Gasteiger partial charge >= 0.3 is 0 Å². The molecule has 4 rings (SSSR count). The molecule has 0 aliphatic carbocycles. The molecule has 0 bridgehead atoms. The summed E-state index contributed by atoms with van der Waals surface area (Å²) < 4.78 is 12.1. The van der Waals surface area contributed by atoms with E-state index in [2.05, 4.69) is 17.1 Å². The number of rotatable bonds is 7. The van der Waals surface area contributed by atoms with Crippen molar-refractivity contribution in [2.24, 2.45) is 0 Å². The number of hydrogen-bond donors (Lipinski definition) is 1. The molecule has 6 nitrogen and oxygen atoms in total. The van der Waals surface area contributed by atoms with Gasteiger partial charge < -0.3 is 19.3 Å². The number of nitrogens with zero attached hydrogens (tertiary/aromatic N) is 2. The highest BCUT2D eigenvalue weighted by molar-refractivity contribution is 7.18. The fourth-order valence-electron chi connectivity index (χ4n) is 4.21. The van der Waals surface area contributed by atoms with Crippen LogP contribution in [0.15, 0.2) is 42.5 Å². The van der Waals surface area contributed by atoms with E-state index in [1.807, 2.05) is 37.4 Å². The van der Waals surface area contributed by atoms with E-state index in [0.29, 0.717) is 13.1 Å². The Bertz CT molecular complexity index is 1000. The fraction of sp³-hybridized carbons (Fsp3) is 0.391. The second-order valence-electron chi connectivity index (χ2n) is 7.71. The summed E-state index contributed by atoms with van der Waals surface area (Å²) in [6.07, 6.45) is 2.15. The minimum Gasteiger partial charge on any atom is -0.497 e. The molecule has 1 aliphatic heterocycles. The molecular formula is C23H28N3O3S+. The van der Waals surface area contributed by atoms with Gasteiger partial charge in [0.1, 0.15) is 22.5 Å². The molecule has 1 unspecified atom stereocenters. The molecular weight excluding hydrogens is 398 g/mol. The molecule has 0 spiro atoms. The third-order valence-electron chi connectivity index (χ3n) is 5.81. The Morgan fingerprint density at radius 2 is 2.07 bits per heavy atom. The summed E-state index contributed by atoms with van der Waals surface area (Å²) in [4.78, 5) is 20.7. The lowest BCUT2D eigenvalue weighted by Gasteiger charge is -2.25. The highest BCUT2D eigenvalue weighted by Gasteiger charge is 2.34. The zero-order valence-electron chi connectivity index (χ0n) is 17.7. The number of quaternary nitrogens is 1. The SMILES string of the molecule is COc1ccc([C@H]2CCC[NH+]2CC(=O)N(C)Cc2nc3ccccc3s2)c(OC)c1. The summed E-state index contributed by atoms with van der Waals surface area (Å²) >= 11 is 1.65. The number of aromatic nitrogens is 1. The van der Waals surface area contributed by atoms with Crippen molar-refractivity contribution in [1.82, 2.24) is 9.88 Å². The number of hydrogen-bond acceptors (Lipinski definition) is 5. The first-order valence-electron chi connectivity index (χ1n) is 10.2. The average molecular weight is 427 g/mol. The van der Waals surface area contributed by atoms with Crippen LogP contribution < -0.4 is 14.4 Å². The standard InChI is InChI=1S/C23H27N3O3S/c1-25(14-22-24-18-7-4-5-9-21(18)30-22)23(27)15-26-12-6-8-19(26)17-11-10-16(28-2)13-20(17)29-3/h4-5,7,9-11,13,19H,6,8,12,14-15H2,1-3H3/p+1/t19-/m1/s1. The monoisotopic (exact) mass is 426 g/mol. The van der Waals surface area contributed by atoms with Crippen LogP contribution in [-0.2, 0) is 11.3 Å². The van der Waals surface area contributed by atoms with E-state index < -0.39 is 0 Å². The Balaban J connectivity index is 1.44. The van der Waals surface area contributed by atoms with E-state index in [0.717, 1.165) is 51.7 Å². The van der Waals surface area contributed by atoms with Crippen molar-refractivity contribution < 1.29 is 19.2 Å². The van der Waals surface area contributed by atoms with E-state index in [9.17, 15) is 4.79 Å². The predicted molar refractivity (Wildman–Crippen MR) is 118 cm³/mol. The number of para-hydroxylation sites is 1. The number of carbonyl (C=O) groups is 1. The average Bonchev–Trinajstić information content (AvgIpc) is 3.39. The van der Waals surface area contributed by atoms with Crippen LogP contribution in [0.1, 0.15) is 29.5 Å². The molecule has 1 fully saturated rings. The molecule has 158 valence electrons. The number of benzene rings is 2. The first-order valence-corrected chi connectivity index (χ1v) is 11.1. The second-order valence-corrected chi connectivity index (χ2v) is 8.83. The zero-order valence-corrected chi connectivity index (χ0v) is 18.5. The van der Waals surface area contributed by atoms with E-state index in [1.165, 1.54) is 4.90 Å². The number of ether oxygens (including phenoxy) is 2. The van der Waals surface area contributed by atoms with Crippen molar-refractivity contribution in [2.45, 2.75) is 25.4 Å². The lowest BCUT2D eigenvalue weighted by Crippen LogP contribution is -3.11. The Labute approximate surface area is 181 Å². The summed E-state index contributed by atoms with van der Waals surface area (Å²) in [5.41, 5.74) is 2.14. The van der Waals surface area contributed by atoms with Gasteiger partial charge in [-0.2, -0.15) is 0 Å². The number of thiazole rings is 1. The van der Waals surface area contributed by atoms with Crippen LogP contribution in [0, 0.1) is 0 Å². The van der Waals surface area contributed by atoms with Crippen LogP contribution in [0.2, 0.25) is 0 Å². The molecule has 2 aromatic carbocycles. The van der Waals surface area contributed by atoms with Crippen molar-refractivity contribution in [3.05, 3.63) is 53.0 Å².